The Kier molecular flexibility index (Phi) is 8.60. The Morgan fingerprint density at radius 1 is 1.15 bits per heavy atom. The highest BCUT2D eigenvalue weighted by Gasteiger charge is 2.23. The Balaban J connectivity index is 0.000000709. The third-order valence-electron chi connectivity index (χ3n) is 5.38. The minimum atomic E-state index is -0.555. The summed E-state index contributed by atoms with van der Waals surface area (Å²) in [4.78, 5) is 28.0. The van der Waals surface area contributed by atoms with Crippen molar-refractivity contribution in [2.75, 3.05) is 20.1 Å². The molecule has 4 rings (SSSR count). The number of halogens is 2. The number of rotatable bonds is 5. The molecule has 1 aliphatic heterocycles. The van der Waals surface area contributed by atoms with Crippen molar-refractivity contribution in [2.45, 2.75) is 32.3 Å². The number of fused-ring (bicyclic) bond motifs is 1. The van der Waals surface area contributed by atoms with Gasteiger partial charge in [0.1, 0.15) is 11.6 Å². The molecule has 1 atom stereocenters. The molecule has 1 fully saturated rings. The molecule has 0 radical (unpaired) electrons. The highest BCUT2D eigenvalue weighted by Crippen LogP contribution is 2.34. The first kappa shape index (κ1) is 24.5. The van der Waals surface area contributed by atoms with Gasteiger partial charge < -0.3 is 15.0 Å². The number of amides is 2. The van der Waals surface area contributed by atoms with Crippen LogP contribution in [0, 0.1) is 5.82 Å². The number of nitrogens with zero attached hydrogens (tertiary/aromatic N) is 2. The smallest absolute Gasteiger partial charge is 0.263 e. The largest absolute Gasteiger partial charge is 0.481 e. The highest BCUT2D eigenvalue weighted by molar-refractivity contribution is 6.33. The topological polar surface area (TPSA) is 71.5 Å². The Labute approximate surface area is 197 Å². The number of piperidine rings is 1. The van der Waals surface area contributed by atoms with E-state index in [9.17, 15) is 9.18 Å². The van der Waals surface area contributed by atoms with Crippen LogP contribution in [-0.4, -0.2) is 48.4 Å². The first-order valence-corrected chi connectivity index (χ1v) is 11.2. The molecule has 33 heavy (non-hydrogen) atoms. The average molecular weight is 472 g/mol. The molecule has 6 nitrogen and oxygen atoms in total. The van der Waals surface area contributed by atoms with Crippen molar-refractivity contribution in [3.8, 4) is 16.9 Å². The fourth-order valence-electron chi connectivity index (χ4n) is 3.77. The molecular formula is C25H27ClFN3O3. The summed E-state index contributed by atoms with van der Waals surface area (Å²) in [7, 11) is 1.56. The summed E-state index contributed by atoms with van der Waals surface area (Å²) in [6, 6.07) is 11.7. The second-order valence-electron chi connectivity index (χ2n) is 7.71. The van der Waals surface area contributed by atoms with Crippen LogP contribution < -0.4 is 10.1 Å². The number of likely N-dealkylation sites (tertiary alicyclic amines) is 1. The molecule has 8 heteroatoms. The number of aromatic nitrogens is 1. The lowest BCUT2D eigenvalue weighted by molar-refractivity contribution is -0.138. The normalized spacial score (nSPS) is 14.1. The van der Waals surface area contributed by atoms with Gasteiger partial charge >= 0.3 is 0 Å². The van der Waals surface area contributed by atoms with Gasteiger partial charge in [-0.3, -0.25) is 14.6 Å². The monoisotopic (exact) mass is 471 g/mol. The summed E-state index contributed by atoms with van der Waals surface area (Å²) in [5.41, 5.74) is 2.32. The molecule has 3 aromatic rings. The van der Waals surface area contributed by atoms with Crippen molar-refractivity contribution in [3.63, 3.8) is 0 Å². The van der Waals surface area contributed by atoms with Crippen LogP contribution in [0.25, 0.3) is 22.0 Å². The van der Waals surface area contributed by atoms with Gasteiger partial charge in [0.15, 0.2) is 6.10 Å². The SMILES string of the molecule is CC(Oc1ccc2c(-c3ccc(F)cc3Cl)ccnc2c1)C(=O)N1CCCCC1.CNC=O. The van der Waals surface area contributed by atoms with Gasteiger partial charge in [-0.25, -0.2) is 4.39 Å². The number of pyridine rings is 1. The number of carbonyl (C=O) groups is 2. The van der Waals surface area contributed by atoms with Gasteiger partial charge in [0, 0.05) is 43.4 Å². The Morgan fingerprint density at radius 2 is 1.88 bits per heavy atom. The summed E-state index contributed by atoms with van der Waals surface area (Å²) in [6.07, 6.45) is 5.03. The number of ether oxygens (including phenoxy) is 1. The van der Waals surface area contributed by atoms with Crippen LogP contribution in [0.2, 0.25) is 5.02 Å². The van der Waals surface area contributed by atoms with Crippen molar-refractivity contribution in [1.29, 1.82) is 0 Å². The van der Waals surface area contributed by atoms with Crippen LogP contribution in [0.1, 0.15) is 26.2 Å². The van der Waals surface area contributed by atoms with Crippen molar-refractivity contribution < 1.29 is 18.7 Å². The van der Waals surface area contributed by atoms with Crippen LogP contribution in [0.5, 0.6) is 5.75 Å². The molecule has 0 bridgehead atoms. The average Bonchev–Trinajstić information content (AvgIpc) is 2.84. The van der Waals surface area contributed by atoms with E-state index in [1.807, 2.05) is 29.2 Å². The van der Waals surface area contributed by atoms with Crippen LogP contribution in [-0.2, 0) is 9.59 Å². The summed E-state index contributed by atoms with van der Waals surface area (Å²) >= 11 is 6.25. The van der Waals surface area contributed by atoms with E-state index in [1.54, 1.807) is 26.2 Å². The molecule has 1 unspecified atom stereocenters. The fourth-order valence-corrected chi connectivity index (χ4v) is 4.04. The maximum absolute atomic E-state index is 13.4. The highest BCUT2D eigenvalue weighted by atomic mass is 35.5. The van der Waals surface area contributed by atoms with E-state index in [0.717, 1.165) is 48.0 Å². The van der Waals surface area contributed by atoms with Gasteiger partial charge in [0.05, 0.1) is 10.5 Å². The maximum Gasteiger partial charge on any atom is 0.263 e. The summed E-state index contributed by atoms with van der Waals surface area (Å²) in [5, 5.41) is 3.47. The van der Waals surface area contributed by atoms with Crippen molar-refractivity contribution in [3.05, 3.63) is 59.5 Å². The number of nitrogens with one attached hydrogen (secondary N) is 1. The number of hydrogen-bond donors (Lipinski definition) is 1. The molecule has 1 aliphatic rings. The third kappa shape index (κ3) is 6.20. The molecule has 1 N–H and O–H groups in total. The van der Waals surface area contributed by atoms with Gasteiger partial charge in [0.2, 0.25) is 6.41 Å². The summed E-state index contributed by atoms with van der Waals surface area (Å²) in [6.45, 7) is 3.38. The molecule has 1 saturated heterocycles. The van der Waals surface area contributed by atoms with Gasteiger partial charge in [-0.05, 0) is 68.1 Å². The summed E-state index contributed by atoms with van der Waals surface area (Å²) in [5.74, 6) is 0.231. The Bertz CT molecular complexity index is 1120. The van der Waals surface area contributed by atoms with E-state index in [2.05, 4.69) is 10.3 Å². The third-order valence-corrected chi connectivity index (χ3v) is 5.69. The van der Waals surface area contributed by atoms with Crippen LogP contribution in [0.15, 0.2) is 48.7 Å². The molecule has 0 saturated carbocycles. The predicted molar refractivity (Wildman–Crippen MR) is 128 cm³/mol. The minimum absolute atomic E-state index is 0.0181. The van der Waals surface area contributed by atoms with E-state index in [0.29, 0.717) is 17.2 Å². The lowest BCUT2D eigenvalue weighted by atomic mass is 10.0. The molecule has 0 spiro atoms. The van der Waals surface area contributed by atoms with Crippen LogP contribution in [0.4, 0.5) is 4.39 Å². The number of benzene rings is 2. The molecule has 0 aliphatic carbocycles. The lowest BCUT2D eigenvalue weighted by Crippen LogP contribution is -2.43. The van der Waals surface area contributed by atoms with Crippen molar-refractivity contribution in [1.82, 2.24) is 15.2 Å². The van der Waals surface area contributed by atoms with E-state index in [4.69, 9.17) is 21.1 Å². The molecule has 174 valence electrons. The Hall–Kier alpha value is -3.19. The zero-order chi connectivity index (χ0) is 23.8. The first-order chi connectivity index (χ1) is 15.9. The molecule has 2 heterocycles. The standard InChI is InChI=1S/C23H22ClFN2O2.C2H5NO/c1-15(23(28)27-11-3-2-4-12-27)29-17-6-8-20-18(9-10-26-22(20)14-17)19-7-5-16(25)13-21(19)24;1-3-2-4/h5-10,13-15H,2-4,11-12H2,1H3;2H,1H3,(H,3,4). The van der Waals surface area contributed by atoms with Gasteiger partial charge in [-0.2, -0.15) is 0 Å². The molecule has 1 aromatic heterocycles. The molecule has 2 amide bonds. The molecular weight excluding hydrogens is 445 g/mol. The fraction of sp³-hybridized carbons (Fsp3) is 0.320. The number of carbonyl (C=O) groups excluding carboxylic acids is 2. The van der Waals surface area contributed by atoms with Gasteiger partial charge in [0.25, 0.3) is 5.91 Å². The van der Waals surface area contributed by atoms with Crippen molar-refractivity contribution in [2.24, 2.45) is 0 Å². The zero-order valence-electron chi connectivity index (χ0n) is 18.7. The van der Waals surface area contributed by atoms with Crippen molar-refractivity contribution >= 4 is 34.8 Å². The lowest BCUT2D eigenvalue weighted by Gasteiger charge is -2.29. The quantitative estimate of drug-likeness (QED) is 0.541. The second kappa shape index (κ2) is 11.6. The van der Waals surface area contributed by atoms with Crippen LogP contribution in [0.3, 0.4) is 0 Å². The number of hydrogen-bond acceptors (Lipinski definition) is 4. The first-order valence-electron chi connectivity index (χ1n) is 10.8. The second-order valence-corrected chi connectivity index (χ2v) is 8.12. The minimum Gasteiger partial charge on any atom is -0.481 e. The van der Waals surface area contributed by atoms with Gasteiger partial charge in [-0.1, -0.05) is 11.6 Å². The predicted octanol–water partition coefficient (Wildman–Crippen LogP) is 4.84. The van der Waals surface area contributed by atoms with E-state index >= 15 is 0 Å². The Morgan fingerprint density at radius 3 is 2.55 bits per heavy atom. The maximum atomic E-state index is 13.4. The summed E-state index contributed by atoms with van der Waals surface area (Å²) < 4.78 is 19.3. The molecule has 2 aromatic carbocycles. The zero-order valence-corrected chi connectivity index (χ0v) is 19.4. The van der Waals surface area contributed by atoms with E-state index in [1.165, 1.54) is 18.6 Å². The van der Waals surface area contributed by atoms with Crippen LogP contribution >= 0.6 is 11.6 Å². The van der Waals surface area contributed by atoms with E-state index < -0.39 is 6.10 Å². The van der Waals surface area contributed by atoms with Gasteiger partial charge in [-0.15, -0.1) is 0 Å². The van der Waals surface area contributed by atoms with E-state index in [-0.39, 0.29) is 11.7 Å².